The lowest BCUT2D eigenvalue weighted by atomic mass is 9.96. The number of esters is 1. The number of hydrogen-bond donors (Lipinski definition) is 1. The van der Waals surface area contributed by atoms with Gasteiger partial charge < -0.3 is 10.1 Å². The van der Waals surface area contributed by atoms with E-state index in [2.05, 4.69) is 10.3 Å². The van der Waals surface area contributed by atoms with Gasteiger partial charge in [0.15, 0.2) is 6.20 Å². The molecule has 0 aliphatic carbocycles. The number of halogens is 2. The fourth-order valence-electron chi connectivity index (χ4n) is 2.73. The van der Waals surface area contributed by atoms with Gasteiger partial charge in [-0.15, -0.1) is 0 Å². The zero-order valence-corrected chi connectivity index (χ0v) is 16.1. The summed E-state index contributed by atoms with van der Waals surface area (Å²) in [6.45, 7) is 5.73. The minimum atomic E-state index is -0.680. The van der Waals surface area contributed by atoms with E-state index in [0.717, 1.165) is 9.88 Å². The molecule has 2 heterocycles. The van der Waals surface area contributed by atoms with Crippen LogP contribution in [0.1, 0.15) is 35.3 Å². The zero-order chi connectivity index (χ0) is 18.8. The molecule has 1 atom stereocenters. The van der Waals surface area contributed by atoms with E-state index in [-0.39, 0.29) is 11.6 Å². The average Bonchev–Trinajstić information content (AvgIpc) is 3.01. The van der Waals surface area contributed by atoms with Gasteiger partial charge in [-0.1, -0.05) is 29.0 Å². The second-order valence-corrected chi connectivity index (χ2v) is 7.40. The predicted octanol–water partition coefficient (Wildman–Crippen LogP) is 3.59. The van der Waals surface area contributed by atoms with E-state index in [1.165, 1.54) is 23.5 Å². The second kappa shape index (κ2) is 7.55. The highest BCUT2D eigenvalue weighted by Gasteiger charge is 2.32. The fourth-order valence-corrected chi connectivity index (χ4v) is 3.77. The summed E-state index contributed by atoms with van der Waals surface area (Å²) in [5, 5.41) is 4.41. The first kappa shape index (κ1) is 18.5. The van der Waals surface area contributed by atoms with Crippen molar-refractivity contribution in [1.82, 2.24) is 5.32 Å². The number of aromatic amines is 1. The number of aryl methyl sites for hydroxylation is 1. The molecule has 1 aromatic heterocycles. The highest BCUT2D eigenvalue weighted by molar-refractivity contribution is 7.13. The van der Waals surface area contributed by atoms with Gasteiger partial charge in [-0.2, -0.15) is 0 Å². The van der Waals surface area contributed by atoms with Gasteiger partial charge in [0.05, 0.1) is 12.2 Å². The van der Waals surface area contributed by atoms with E-state index >= 15 is 0 Å². The van der Waals surface area contributed by atoms with Crippen LogP contribution in [-0.4, -0.2) is 18.4 Å². The largest absolute Gasteiger partial charge is 0.463 e. The van der Waals surface area contributed by atoms with E-state index in [0.29, 0.717) is 22.7 Å². The van der Waals surface area contributed by atoms with Gasteiger partial charge >= 0.3 is 5.97 Å². The van der Waals surface area contributed by atoms with E-state index in [1.54, 1.807) is 19.9 Å². The molecule has 1 unspecified atom stereocenters. The van der Waals surface area contributed by atoms with Crippen molar-refractivity contribution in [3.63, 3.8) is 0 Å². The van der Waals surface area contributed by atoms with E-state index < -0.39 is 17.8 Å². The van der Waals surface area contributed by atoms with Crippen LogP contribution in [0.4, 0.5) is 4.39 Å². The first-order valence-corrected chi connectivity index (χ1v) is 9.26. The Balaban J connectivity index is 2.12. The highest BCUT2D eigenvalue weighted by atomic mass is 35.5. The Hall–Kier alpha value is -2.25. The zero-order valence-electron chi connectivity index (χ0n) is 14.5. The van der Waals surface area contributed by atoms with E-state index in [1.807, 2.05) is 13.1 Å². The lowest BCUT2D eigenvalue weighted by Gasteiger charge is -2.26. The summed E-state index contributed by atoms with van der Waals surface area (Å²) in [5.41, 5.74) is 1.54. The number of benzene rings is 1. The van der Waals surface area contributed by atoms with Crippen LogP contribution in [0, 0.1) is 12.7 Å². The molecule has 2 N–H and O–H groups in total. The number of H-pyrrole nitrogens is 1. The second-order valence-electron chi connectivity index (χ2n) is 5.74. The molecule has 0 saturated heterocycles. The molecule has 5 nitrogen and oxygen atoms in total. The lowest BCUT2D eigenvalue weighted by Crippen LogP contribution is -2.32. The smallest absolute Gasteiger partial charge is 0.338 e. The third-order valence-electron chi connectivity index (χ3n) is 3.90. The average molecular weight is 395 g/mol. The Labute approximate surface area is 159 Å². The normalized spacial score (nSPS) is 17.0. The molecule has 136 valence electrons. The predicted molar refractivity (Wildman–Crippen MR) is 98.8 cm³/mol. The molecular formula is C18H18ClFN3O2S+. The molecule has 1 aromatic carbocycles. The summed E-state index contributed by atoms with van der Waals surface area (Å²) in [7, 11) is 0. The van der Waals surface area contributed by atoms with Gasteiger partial charge in [0.1, 0.15) is 22.6 Å². The molecule has 1 aliphatic heterocycles. The Morgan fingerprint density at radius 3 is 2.85 bits per heavy atom. The topological polar surface area (TPSA) is 64.8 Å². The maximum absolute atomic E-state index is 13.5. The minimum Gasteiger partial charge on any atom is -0.463 e. The molecule has 0 bridgehead atoms. The van der Waals surface area contributed by atoms with Crippen LogP contribution in [0.5, 0.6) is 0 Å². The molecule has 0 spiro atoms. The number of nitrogens with zero attached hydrogens (tertiary/aromatic N) is 1. The van der Waals surface area contributed by atoms with Crippen molar-refractivity contribution in [2.45, 2.75) is 26.8 Å². The molecule has 0 saturated carbocycles. The van der Waals surface area contributed by atoms with Crippen LogP contribution in [0.15, 0.2) is 40.7 Å². The van der Waals surface area contributed by atoms with Crippen LogP contribution in [0.25, 0.3) is 0 Å². The fraction of sp³-hybridized carbons (Fsp3) is 0.278. The Morgan fingerprint density at radius 1 is 1.46 bits per heavy atom. The van der Waals surface area contributed by atoms with Gasteiger partial charge in [-0.25, -0.2) is 14.2 Å². The van der Waals surface area contributed by atoms with Crippen LogP contribution >= 0.6 is 22.9 Å². The molecule has 1 aliphatic rings. The van der Waals surface area contributed by atoms with Gasteiger partial charge in [0, 0.05) is 23.2 Å². The van der Waals surface area contributed by atoms with Crippen molar-refractivity contribution < 1.29 is 18.9 Å². The van der Waals surface area contributed by atoms with Crippen molar-refractivity contribution >= 4 is 34.7 Å². The number of hydrogen-bond acceptors (Lipinski definition) is 5. The summed E-state index contributed by atoms with van der Waals surface area (Å²) in [4.78, 5) is 21.2. The number of amidine groups is 1. The third kappa shape index (κ3) is 3.64. The Bertz CT molecular complexity index is 923. The molecule has 0 amide bonds. The van der Waals surface area contributed by atoms with Gasteiger partial charge in [0.2, 0.25) is 5.01 Å². The van der Waals surface area contributed by atoms with Crippen molar-refractivity contribution in [2.75, 3.05) is 6.61 Å². The Kier molecular flexibility index (Phi) is 5.38. The highest BCUT2D eigenvalue weighted by Crippen LogP contribution is 2.36. The Morgan fingerprint density at radius 2 is 2.23 bits per heavy atom. The summed E-state index contributed by atoms with van der Waals surface area (Å²) < 4.78 is 18.7. The van der Waals surface area contributed by atoms with Crippen molar-refractivity contribution in [2.24, 2.45) is 4.99 Å². The SMILES string of the molecule is CCOC(=O)C1=C(C)NC(c2c[nH+]c(C)s2)=NC1c1ccc(F)cc1Cl. The van der Waals surface area contributed by atoms with Crippen molar-refractivity contribution in [3.05, 3.63) is 62.0 Å². The van der Waals surface area contributed by atoms with Crippen LogP contribution in [-0.2, 0) is 9.53 Å². The van der Waals surface area contributed by atoms with E-state index in [4.69, 9.17) is 21.3 Å². The summed E-state index contributed by atoms with van der Waals surface area (Å²) >= 11 is 7.79. The first-order valence-electron chi connectivity index (χ1n) is 8.06. The van der Waals surface area contributed by atoms with Crippen LogP contribution in [0.3, 0.4) is 0 Å². The van der Waals surface area contributed by atoms with Crippen molar-refractivity contribution in [3.8, 4) is 0 Å². The molecule has 26 heavy (non-hydrogen) atoms. The number of ether oxygens (including phenoxy) is 1. The van der Waals surface area contributed by atoms with Gasteiger partial charge in [0.25, 0.3) is 0 Å². The van der Waals surface area contributed by atoms with Gasteiger partial charge in [-0.05, 0) is 26.0 Å². The number of rotatable bonds is 4. The first-order chi connectivity index (χ1) is 12.4. The number of nitrogens with one attached hydrogen (secondary N) is 2. The number of allylic oxidation sites excluding steroid dienone is 1. The maximum atomic E-state index is 13.5. The van der Waals surface area contributed by atoms with Crippen LogP contribution in [0.2, 0.25) is 5.02 Å². The molecule has 8 heteroatoms. The minimum absolute atomic E-state index is 0.212. The molecule has 0 fully saturated rings. The third-order valence-corrected chi connectivity index (χ3v) is 5.18. The van der Waals surface area contributed by atoms with Gasteiger partial charge in [-0.3, -0.25) is 4.99 Å². The van der Waals surface area contributed by atoms with E-state index in [9.17, 15) is 9.18 Å². The summed E-state index contributed by atoms with van der Waals surface area (Å²) in [6.07, 6.45) is 1.85. The molecule has 3 rings (SSSR count). The summed E-state index contributed by atoms with van der Waals surface area (Å²) in [6, 6.07) is 3.39. The number of thiazole rings is 1. The van der Waals surface area contributed by atoms with Crippen LogP contribution < -0.4 is 10.3 Å². The standard InChI is InChI=1S/C18H17ClFN3O2S/c1-4-25-18(24)15-9(2)22-17(14-8-21-10(3)26-14)23-16(15)12-6-5-11(20)7-13(12)19/h5-8,16H,4H2,1-3H3,(H,22,23)/p+1. The molecule has 0 radical (unpaired) electrons. The maximum Gasteiger partial charge on any atom is 0.338 e. The number of aromatic nitrogens is 1. The number of carbonyl (C=O) groups excluding carboxylic acids is 1. The number of carbonyl (C=O) groups is 1. The molecule has 2 aromatic rings. The monoisotopic (exact) mass is 394 g/mol. The molecular weight excluding hydrogens is 377 g/mol. The lowest BCUT2D eigenvalue weighted by molar-refractivity contribution is -0.379. The van der Waals surface area contributed by atoms with Crippen molar-refractivity contribution in [1.29, 1.82) is 0 Å². The number of aliphatic imine (C=N–C) groups is 1. The quantitative estimate of drug-likeness (QED) is 0.806. The summed E-state index contributed by atoms with van der Waals surface area (Å²) in [5.74, 6) is -0.298.